The molecule has 3 heterocycles. The minimum absolute atomic E-state index is 0. The minimum atomic E-state index is -4.73. The number of Topliss-reactive ketones (excluding diaryl/α,β-unsaturated/α-hetero) is 1. The van der Waals surface area contributed by atoms with Crippen LogP contribution in [0.2, 0.25) is 5.02 Å². The highest BCUT2D eigenvalue weighted by Crippen LogP contribution is 2.36. The average molecular weight is 625 g/mol. The summed E-state index contributed by atoms with van der Waals surface area (Å²) in [5.41, 5.74) is 4.08. The minimum Gasteiger partial charge on any atom is -0.406 e. The van der Waals surface area contributed by atoms with Crippen LogP contribution in [0.4, 0.5) is 23.2 Å². The fourth-order valence-electron chi connectivity index (χ4n) is 5.72. The van der Waals surface area contributed by atoms with Gasteiger partial charge in [0.1, 0.15) is 22.9 Å². The number of hydrogen-bond acceptors (Lipinski definition) is 4. The van der Waals surface area contributed by atoms with E-state index in [0.717, 1.165) is 11.3 Å². The van der Waals surface area contributed by atoms with Crippen LogP contribution in [-0.4, -0.2) is 34.1 Å². The topological polar surface area (TPSA) is 46.8 Å². The molecular weight excluding hydrogens is 593 g/mol. The third kappa shape index (κ3) is 7.01. The Labute approximate surface area is 252 Å². The number of carbonyl (C=O) groups excluding carboxylic acids is 1. The Hall–Kier alpha value is -3.30. The van der Waals surface area contributed by atoms with Gasteiger partial charge >= 0.3 is 6.36 Å². The summed E-state index contributed by atoms with van der Waals surface area (Å²) in [5.74, 6) is -0.605. The molecule has 0 N–H and O–H groups in total. The predicted octanol–water partition coefficient (Wildman–Crippen LogP) is 8.60. The molecule has 11 heteroatoms. The van der Waals surface area contributed by atoms with Crippen LogP contribution in [0.15, 0.2) is 60.8 Å². The van der Waals surface area contributed by atoms with Crippen LogP contribution in [0.5, 0.6) is 5.75 Å². The van der Waals surface area contributed by atoms with E-state index in [-0.39, 0.29) is 48.1 Å². The maximum atomic E-state index is 15.3. The number of ketones is 1. The van der Waals surface area contributed by atoms with Gasteiger partial charge in [-0.2, -0.15) is 0 Å². The lowest BCUT2D eigenvalue weighted by Crippen LogP contribution is -2.40. The van der Waals surface area contributed by atoms with Crippen LogP contribution >= 0.6 is 24.0 Å². The number of rotatable bonds is 8. The number of alkyl halides is 3. The number of aromatic nitrogens is 2. The van der Waals surface area contributed by atoms with Crippen LogP contribution in [0.3, 0.4) is 0 Å². The fourth-order valence-corrected chi connectivity index (χ4v) is 5.88. The molecule has 1 saturated heterocycles. The first kappa shape index (κ1) is 31.6. The lowest BCUT2D eigenvalue weighted by molar-refractivity contribution is -0.274. The molecule has 5 rings (SSSR count). The molecule has 0 radical (unpaired) electrons. The van der Waals surface area contributed by atoms with Gasteiger partial charge in [0.15, 0.2) is 5.78 Å². The maximum absolute atomic E-state index is 15.3. The molecule has 1 aliphatic rings. The summed E-state index contributed by atoms with van der Waals surface area (Å²) >= 11 is 6.15. The molecular formula is C31H31Cl2F4N3O2. The average Bonchev–Trinajstić information content (AvgIpc) is 3.29. The Kier molecular flexibility index (Phi) is 9.73. The molecule has 2 aromatic carbocycles. The molecule has 0 saturated carbocycles. The zero-order valence-electron chi connectivity index (χ0n) is 23.1. The van der Waals surface area contributed by atoms with Crippen molar-refractivity contribution in [1.82, 2.24) is 9.38 Å². The second kappa shape index (κ2) is 12.9. The van der Waals surface area contributed by atoms with Crippen molar-refractivity contribution in [3.8, 4) is 5.75 Å². The van der Waals surface area contributed by atoms with Crippen LogP contribution in [0, 0.1) is 5.82 Å². The molecule has 4 aromatic rings. The first-order chi connectivity index (χ1) is 19.5. The van der Waals surface area contributed by atoms with E-state index in [1.807, 2.05) is 26.0 Å². The molecule has 42 heavy (non-hydrogen) atoms. The van der Waals surface area contributed by atoms with E-state index in [9.17, 15) is 18.0 Å². The Balaban J connectivity index is 0.00000405. The first-order valence-electron chi connectivity index (χ1n) is 13.6. The van der Waals surface area contributed by atoms with Crippen molar-refractivity contribution in [3.63, 3.8) is 0 Å². The highest BCUT2D eigenvalue weighted by Gasteiger charge is 2.32. The summed E-state index contributed by atoms with van der Waals surface area (Å²) in [4.78, 5) is 19.8. The van der Waals surface area contributed by atoms with Gasteiger partial charge in [0, 0.05) is 30.9 Å². The molecule has 1 aliphatic heterocycles. The Morgan fingerprint density at radius 2 is 1.86 bits per heavy atom. The Morgan fingerprint density at radius 1 is 1.12 bits per heavy atom. The van der Waals surface area contributed by atoms with Crippen molar-refractivity contribution >= 4 is 41.1 Å². The highest BCUT2D eigenvalue weighted by molar-refractivity contribution is 6.30. The molecule has 0 bridgehead atoms. The van der Waals surface area contributed by atoms with E-state index in [0.29, 0.717) is 59.8 Å². The first-order valence-corrected chi connectivity index (χ1v) is 14.0. The number of fused-ring (bicyclic) bond motifs is 1. The van der Waals surface area contributed by atoms with E-state index in [1.54, 1.807) is 34.9 Å². The fraction of sp³-hybridized carbons (Fsp3) is 0.355. The van der Waals surface area contributed by atoms with Crippen molar-refractivity contribution in [2.75, 3.05) is 11.4 Å². The van der Waals surface area contributed by atoms with E-state index >= 15 is 4.39 Å². The SMILES string of the molecule is CCc1nc2ccc(Cl)cn2c1C(=O)CCc1ccc(C2CCN(c3ccc(OC(F)(F)F)cc3)[C@@H](C)C2)c(F)c1.Cl. The zero-order chi connectivity index (χ0) is 29.3. The van der Waals surface area contributed by atoms with Crippen molar-refractivity contribution in [3.05, 3.63) is 94.1 Å². The van der Waals surface area contributed by atoms with Crippen LogP contribution in [0.25, 0.3) is 5.65 Å². The number of halogens is 6. The second-order valence-corrected chi connectivity index (χ2v) is 10.9. The van der Waals surface area contributed by atoms with Crippen LogP contribution < -0.4 is 9.64 Å². The lowest BCUT2D eigenvalue weighted by atomic mass is 9.84. The molecule has 1 unspecified atom stereocenters. The van der Waals surface area contributed by atoms with Gasteiger partial charge in [-0.25, -0.2) is 9.37 Å². The highest BCUT2D eigenvalue weighted by atomic mass is 35.5. The molecule has 0 amide bonds. The van der Waals surface area contributed by atoms with E-state index in [2.05, 4.69) is 14.6 Å². The lowest BCUT2D eigenvalue weighted by Gasteiger charge is -2.39. The van der Waals surface area contributed by atoms with Crippen molar-refractivity contribution in [2.24, 2.45) is 0 Å². The number of carbonyl (C=O) groups is 1. The van der Waals surface area contributed by atoms with Crippen LogP contribution in [0.1, 0.15) is 66.3 Å². The quantitative estimate of drug-likeness (QED) is 0.146. The van der Waals surface area contributed by atoms with Crippen molar-refractivity contribution < 1.29 is 27.1 Å². The maximum Gasteiger partial charge on any atom is 0.573 e. The van der Waals surface area contributed by atoms with Crippen molar-refractivity contribution in [2.45, 2.75) is 64.3 Å². The van der Waals surface area contributed by atoms with Gasteiger partial charge in [0.25, 0.3) is 0 Å². The summed E-state index contributed by atoms with van der Waals surface area (Å²) in [7, 11) is 0. The van der Waals surface area contributed by atoms with Gasteiger partial charge in [0.2, 0.25) is 0 Å². The van der Waals surface area contributed by atoms with E-state index in [4.69, 9.17) is 11.6 Å². The summed E-state index contributed by atoms with van der Waals surface area (Å²) < 4.78 is 58.4. The standard InChI is InChI=1S/C31H30ClF4N3O2.ClH/c1-3-27-30(39-18-22(32)6-13-29(39)37-27)28(40)12-5-20-4-11-25(26(33)17-20)21-14-15-38(19(2)16-21)23-7-9-24(10-8-23)41-31(34,35)36;/h4,6-11,13,17-19,21H,3,5,12,14-16H2,1-2H3;1H/t19-,21?;/m0./s1. The summed E-state index contributed by atoms with van der Waals surface area (Å²) in [6.45, 7) is 4.62. The smallest absolute Gasteiger partial charge is 0.406 e. The summed E-state index contributed by atoms with van der Waals surface area (Å²) in [5, 5.41) is 0.512. The molecule has 224 valence electrons. The number of imidazole rings is 1. The van der Waals surface area contributed by atoms with Crippen LogP contribution in [-0.2, 0) is 12.8 Å². The van der Waals surface area contributed by atoms with Gasteiger partial charge < -0.3 is 9.64 Å². The number of hydrogen-bond donors (Lipinski definition) is 0. The van der Waals surface area contributed by atoms with E-state index in [1.165, 1.54) is 18.2 Å². The third-order valence-corrected chi connectivity index (χ3v) is 7.90. The molecule has 2 atom stereocenters. The largest absolute Gasteiger partial charge is 0.573 e. The van der Waals surface area contributed by atoms with Gasteiger partial charge in [-0.15, -0.1) is 25.6 Å². The number of anilines is 1. The van der Waals surface area contributed by atoms with Gasteiger partial charge in [-0.3, -0.25) is 9.20 Å². The number of aryl methyl sites for hydroxylation is 2. The zero-order valence-corrected chi connectivity index (χ0v) is 24.7. The predicted molar refractivity (Wildman–Crippen MR) is 158 cm³/mol. The summed E-state index contributed by atoms with van der Waals surface area (Å²) in [6.07, 6.45) is -0.412. The number of ether oxygens (including phenoxy) is 1. The Morgan fingerprint density at radius 3 is 2.50 bits per heavy atom. The number of piperidine rings is 1. The van der Waals surface area contributed by atoms with Crippen molar-refractivity contribution in [1.29, 1.82) is 0 Å². The van der Waals surface area contributed by atoms with Gasteiger partial charge in [-0.1, -0.05) is 30.7 Å². The Bertz CT molecular complexity index is 1560. The molecule has 5 nitrogen and oxygen atoms in total. The molecule has 1 fully saturated rings. The normalized spacial score (nSPS) is 17.3. The van der Waals surface area contributed by atoms with E-state index < -0.39 is 6.36 Å². The summed E-state index contributed by atoms with van der Waals surface area (Å²) in [6, 6.07) is 14.6. The second-order valence-electron chi connectivity index (χ2n) is 10.4. The molecule has 0 spiro atoms. The van der Waals surface area contributed by atoms with Gasteiger partial charge in [0.05, 0.1) is 10.7 Å². The third-order valence-electron chi connectivity index (χ3n) is 7.68. The number of pyridine rings is 1. The molecule has 2 aromatic heterocycles. The molecule has 0 aliphatic carbocycles. The number of benzene rings is 2. The monoisotopic (exact) mass is 623 g/mol. The van der Waals surface area contributed by atoms with Gasteiger partial charge in [-0.05, 0) is 92.1 Å². The number of nitrogens with zero attached hydrogens (tertiary/aromatic N) is 3.